The zero-order chi connectivity index (χ0) is 13.8. The van der Waals surface area contributed by atoms with Crippen LogP contribution >= 0.6 is 23.2 Å². The number of aliphatic carboxylic acids is 1. The van der Waals surface area contributed by atoms with E-state index in [1.807, 2.05) is 12.1 Å². The summed E-state index contributed by atoms with van der Waals surface area (Å²) in [5.41, 5.74) is 1.54. The van der Waals surface area contributed by atoms with Crippen molar-refractivity contribution in [1.29, 1.82) is 0 Å². The van der Waals surface area contributed by atoms with Crippen LogP contribution < -0.4 is 0 Å². The van der Waals surface area contributed by atoms with Crippen LogP contribution in [-0.2, 0) is 11.2 Å². The van der Waals surface area contributed by atoms with Crippen molar-refractivity contribution in [3.05, 3.63) is 69.7 Å². The summed E-state index contributed by atoms with van der Waals surface area (Å²) in [4.78, 5) is 11.4. The molecule has 1 atom stereocenters. The molecule has 19 heavy (non-hydrogen) atoms. The maximum atomic E-state index is 11.4. The predicted octanol–water partition coefficient (Wildman–Crippen LogP) is 4.40. The third kappa shape index (κ3) is 3.49. The van der Waals surface area contributed by atoms with Gasteiger partial charge in [0.1, 0.15) is 0 Å². The molecule has 2 aromatic carbocycles. The van der Waals surface area contributed by atoms with E-state index in [9.17, 15) is 9.90 Å². The minimum Gasteiger partial charge on any atom is -0.481 e. The normalized spacial score (nSPS) is 12.1. The van der Waals surface area contributed by atoms with Crippen LogP contribution in [0.15, 0.2) is 48.5 Å². The number of carboxylic acids is 1. The number of carbonyl (C=O) groups is 1. The second kappa shape index (κ2) is 6.09. The van der Waals surface area contributed by atoms with Gasteiger partial charge < -0.3 is 5.11 Å². The highest BCUT2D eigenvalue weighted by atomic mass is 35.5. The minimum absolute atomic E-state index is 0.385. The van der Waals surface area contributed by atoms with E-state index in [2.05, 4.69) is 0 Å². The van der Waals surface area contributed by atoms with E-state index in [4.69, 9.17) is 23.2 Å². The van der Waals surface area contributed by atoms with Crippen molar-refractivity contribution in [2.75, 3.05) is 0 Å². The van der Waals surface area contributed by atoms with E-state index in [0.29, 0.717) is 22.0 Å². The monoisotopic (exact) mass is 294 g/mol. The lowest BCUT2D eigenvalue weighted by molar-refractivity contribution is -0.138. The highest BCUT2D eigenvalue weighted by Crippen LogP contribution is 2.28. The molecule has 2 nitrogen and oxygen atoms in total. The smallest absolute Gasteiger partial charge is 0.311 e. The molecule has 0 fully saturated rings. The summed E-state index contributed by atoms with van der Waals surface area (Å²) in [6, 6.07) is 14.2. The molecule has 0 aliphatic heterocycles. The van der Waals surface area contributed by atoms with Gasteiger partial charge in [-0.05, 0) is 35.7 Å². The van der Waals surface area contributed by atoms with Gasteiger partial charge in [-0.15, -0.1) is 0 Å². The largest absolute Gasteiger partial charge is 0.481 e. The van der Waals surface area contributed by atoms with Gasteiger partial charge in [-0.2, -0.15) is 0 Å². The molecular weight excluding hydrogens is 283 g/mol. The Balaban J connectivity index is 2.29. The second-order valence-corrected chi connectivity index (χ2v) is 5.09. The second-order valence-electron chi connectivity index (χ2n) is 4.24. The minimum atomic E-state index is -0.886. The number of hydrogen-bond donors (Lipinski definition) is 1. The molecule has 4 heteroatoms. The number of hydrogen-bond acceptors (Lipinski definition) is 1. The van der Waals surface area contributed by atoms with Gasteiger partial charge in [-0.1, -0.05) is 53.5 Å². The van der Waals surface area contributed by atoms with Crippen LogP contribution in [0.3, 0.4) is 0 Å². The Morgan fingerprint density at radius 1 is 1.05 bits per heavy atom. The highest BCUT2D eigenvalue weighted by molar-refractivity contribution is 6.31. The zero-order valence-electron chi connectivity index (χ0n) is 10.0. The number of benzene rings is 2. The summed E-state index contributed by atoms with van der Waals surface area (Å²) in [6.45, 7) is 0. The Bertz CT molecular complexity index is 579. The molecule has 0 spiro atoms. The molecule has 0 bridgehead atoms. The van der Waals surface area contributed by atoms with E-state index in [-0.39, 0.29) is 0 Å². The molecule has 2 rings (SSSR count). The number of rotatable bonds is 4. The van der Waals surface area contributed by atoms with Crippen molar-refractivity contribution in [3.63, 3.8) is 0 Å². The van der Waals surface area contributed by atoms with Crippen molar-refractivity contribution >= 4 is 29.2 Å². The Hall–Kier alpha value is -1.51. The highest BCUT2D eigenvalue weighted by Gasteiger charge is 2.22. The molecule has 0 saturated carbocycles. The van der Waals surface area contributed by atoms with Crippen molar-refractivity contribution in [3.8, 4) is 0 Å². The molecule has 0 radical (unpaired) electrons. The molecule has 0 aromatic heterocycles. The Morgan fingerprint density at radius 3 is 2.26 bits per heavy atom. The average Bonchev–Trinajstić information content (AvgIpc) is 2.39. The van der Waals surface area contributed by atoms with Crippen LogP contribution in [0.1, 0.15) is 17.0 Å². The van der Waals surface area contributed by atoms with E-state index < -0.39 is 11.9 Å². The van der Waals surface area contributed by atoms with Crippen LogP contribution in [-0.4, -0.2) is 11.1 Å². The Morgan fingerprint density at radius 2 is 1.68 bits per heavy atom. The lowest BCUT2D eigenvalue weighted by Crippen LogP contribution is -2.14. The fourth-order valence-corrected chi connectivity index (χ4v) is 2.34. The van der Waals surface area contributed by atoms with Gasteiger partial charge >= 0.3 is 5.97 Å². The number of halogens is 2. The van der Waals surface area contributed by atoms with Gasteiger partial charge in [-0.3, -0.25) is 4.79 Å². The van der Waals surface area contributed by atoms with Crippen molar-refractivity contribution < 1.29 is 9.90 Å². The third-order valence-corrected chi connectivity index (χ3v) is 3.53. The summed E-state index contributed by atoms with van der Waals surface area (Å²) in [6.07, 6.45) is 0.385. The zero-order valence-corrected chi connectivity index (χ0v) is 11.5. The first kappa shape index (κ1) is 13.9. The first-order chi connectivity index (χ1) is 9.08. The first-order valence-corrected chi connectivity index (χ1v) is 6.55. The van der Waals surface area contributed by atoms with E-state index in [0.717, 1.165) is 5.56 Å². The molecule has 1 N–H and O–H groups in total. The topological polar surface area (TPSA) is 37.3 Å². The van der Waals surface area contributed by atoms with Crippen LogP contribution in [0.2, 0.25) is 10.0 Å². The molecule has 0 aliphatic rings. The Labute approximate surface area is 121 Å². The van der Waals surface area contributed by atoms with Gasteiger partial charge in [-0.25, -0.2) is 0 Å². The van der Waals surface area contributed by atoms with Crippen LogP contribution in [0.5, 0.6) is 0 Å². The summed E-state index contributed by atoms with van der Waals surface area (Å²) >= 11 is 11.9. The van der Waals surface area contributed by atoms with Crippen molar-refractivity contribution in [1.82, 2.24) is 0 Å². The van der Waals surface area contributed by atoms with Gasteiger partial charge in [0, 0.05) is 10.0 Å². The van der Waals surface area contributed by atoms with Gasteiger partial charge in [0.2, 0.25) is 0 Å². The summed E-state index contributed by atoms with van der Waals surface area (Å²) in [5, 5.41) is 10.5. The van der Waals surface area contributed by atoms with E-state index in [1.165, 1.54) is 0 Å². The standard InChI is InChI=1S/C15H12Cl2O2/c16-11-7-5-10(6-8-11)9-13(15(18)19)12-3-1-2-4-14(12)17/h1-8,13H,9H2,(H,18,19). The maximum Gasteiger partial charge on any atom is 0.311 e. The van der Waals surface area contributed by atoms with Gasteiger partial charge in [0.25, 0.3) is 0 Å². The van der Waals surface area contributed by atoms with E-state index in [1.54, 1.807) is 36.4 Å². The number of carboxylic acid groups (broad SMARTS) is 1. The van der Waals surface area contributed by atoms with Crippen molar-refractivity contribution in [2.45, 2.75) is 12.3 Å². The molecule has 2 aromatic rings. The lowest BCUT2D eigenvalue weighted by Gasteiger charge is -2.14. The SMILES string of the molecule is O=C(O)C(Cc1ccc(Cl)cc1)c1ccccc1Cl. The van der Waals surface area contributed by atoms with Gasteiger partial charge in [0.15, 0.2) is 0 Å². The predicted molar refractivity (Wildman–Crippen MR) is 77.0 cm³/mol. The fraction of sp³-hybridized carbons (Fsp3) is 0.133. The van der Waals surface area contributed by atoms with Crippen LogP contribution in [0, 0.1) is 0 Å². The van der Waals surface area contributed by atoms with Crippen LogP contribution in [0.25, 0.3) is 0 Å². The summed E-state index contributed by atoms with van der Waals surface area (Å²) in [5.74, 6) is -1.54. The Kier molecular flexibility index (Phi) is 4.46. The molecule has 0 aliphatic carbocycles. The van der Waals surface area contributed by atoms with Crippen molar-refractivity contribution in [2.24, 2.45) is 0 Å². The third-order valence-electron chi connectivity index (χ3n) is 2.93. The van der Waals surface area contributed by atoms with E-state index >= 15 is 0 Å². The first-order valence-electron chi connectivity index (χ1n) is 5.79. The lowest BCUT2D eigenvalue weighted by atomic mass is 9.92. The average molecular weight is 295 g/mol. The quantitative estimate of drug-likeness (QED) is 0.907. The van der Waals surface area contributed by atoms with Gasteiger partial charge in [0.05, 0.1) is 5.92 Å². The summed E-state index contributed by atoms with van der Waals surface area (Å²) < 4.78 is 0. The molecule has 0 saturated heterocycles. The fourth-order valence-electron chi connectivity index (χ4n) is 1.94. The summed E-state index contributed by atoms with van der Waals surface area (Å²) in [7, 11) is 0. The molecule has 98 valence electrons. The molecule has 0 amide bonds. The van der Waals surface area contributed by atoms with Crippen LogP contribution in [0.4, 0.5) is 0 Å². The molecular formula is C15H12Cl2O2. The molecule has 0 heterocycles. The molecule has 1 unspecified atom stereocenters. The maximum absolute atomic E-state index is 11.4.